The zero-order chi connectivity index (χ0) is 8.69. The van der Waals surface area contributed by atoms with E-state index in [2.05, 4.69) is 13.8 Å². The van der Waals surface area contributed by atoms with Gasteiger partial charge >= 0.3 is 0 Å². The molecule has 0 amide bonds. The summed E-state index contributed by atoms with van der Waals surface area (Å²) in [7, 11) is 0. The fraction of sp³-hybridized carbons (Fsp3) is 0.900. The molecule has 0 saturated heterocycles. The van der Waals surface area contributed by atoms with Crippen LogP contribution in [0.2, 0.25) is 0 Å². The van der Waals surface area contributed by atoms with Gasteiger partial charge in [-0.2, -0.15) is 0 Å². The third-order valence-electron chi connectivity index (χ3n) is 2.12. The molecular weight excluding hydrogens is 136 g/mol. The molecule has 0 radical (unpaired) electrons. The Morgan fingerprint density at radius 1 is 1.18 bits per heavy atom. The first-order valence-corrected chi connectivity index (χ1v) is 4.72. The van der Waals surface area contributed by atoms with Crippen molar-refractivity contribution < 1.29 is 4.79 Å². The molecule has 0 aliphatic rings. The Morgan fingerprint density at radius 3 is 2.18 bits per heavy atom. The highest BCUT2D eigenvalue weighted by Gasteiger charge is 2.11. The Balaban J connectivity index is 3.60. The lowest BCUT2D eigenvalue weighted by Crippen LogP contribution is -2.10. The molecule has 0 aromatic heterocycles. The Hall–Kier alpha value is -0.330. The van der Waals surface area contributed by atoms with E-state index in [4.69, 9.17) is 0 Å². The van der Waals surface area contributed by atoms with Crippen LogP contribution in [0.3, 0.4) is 0 Å². The zero-order valence-electron chi connectivity index (χ0n) is 8.02. The smallest absolute Gasteiger partial charge is 0.132 e. The fourth-order valence-electron chi connectivity index (χ4n) is 1.35. The Labute approximate surface area is 70.2 Å². The standard InChI is InChI=1S/C10H20O/c1-4-6-8-10(7-5-2)9(3)11/h10H,4-8H2,1-3H3. The molecule has 1 unspecified atom stereocenters. The van der Waals surface area contributed by atoms with Gasteiger partial charge in [0.05, 0.1) is 0 Å². The monoisotopic (exact) mass is 156 g/mol. The van der Waals surface area contributed by atoms with Gasteiger partial charge in [0.25, 0.3) is 0 Å². The molecule has 0 rings (SSSR count). The van der Waals surface area contributed by atoms with E-state index in [0.717, 1.165) is 19.3 Å². The molecule has 0 aromatic rings. The van der Waals surface area contributed by atoms with Gasteiger partial charge in [0, 0.05) is 5.92 Å². The lowest BCUT2D eigenvalue weighted by atomic mass is 9.94. The third-order valence-corrected chi connectivity index (χ3v) is 2.12. The van der Waals surface area contributed by atoms with Crippen molar-refractivity contribution in [3.05, 3.63) is 0 Å². The van der Waals surface area contributed by atoms with E-state index < -0.39 is 0 Å². The quantitative estimate of drug-likeness (QED) is 0.577. The third kappa shape index (κ3) is 5.00. The first-order valence-electron chi connectivity index (χ1n) is 4.72. The average Bonchev–Trinajstić information content (AvgIpc) is 1.97. The van der Waals surface area contributed by atoms with Crippen LogP contribution in [0.5, 0.6) is 0 Å². The molecule has 0 aliphatic carbocycles. The normalized spacial score (nSPS) is 13.0. The van der Waals surface area contributed by atoms with Crippen molar-refractivity contribution in [2.75, 3.05) is 0 Å². The van der Waals surface area contributed by atoms with Gasteiger partial charge in [0.1, 0.15) is 5.78 Å². The second kappa shape index (κ2) is 6.38. The van der Waals surface area contributed by atoms with Crippen LogP contribution in [-0.4, -0.2) is 5.78 Å². The van der Waals surface area contributed by atoms with Gasteiger partial charge in [-0.15, -0.1) is 0 Å². The second-order valence-electron chi connectivity index (χ2n) is 3.24. The summed E-state index contributed by atoms with van der Waals surface area (Å²) in [5.41, 5.74) is 0. The predicted molar refractivity (Wildman–Crippen MR) is 48.6 cm³/mol. The summed E-state index contributed by atoms with van der Waals surface area (Å²) < 4.78 is 0. The van der Waals surface area contributed by atoms with Gasteiger partial charge in [0.15, 0.2) is 0 Å². The van der Waals surface area contributed by atoms with Crippen LogP contribution in [0.25, 0.3) is 0 Å². The minimum Gasteiger partial charge on any atom is -0.300 e. The molecule has 0 saturated carbocycles. The molecule has 0 spiro atoms. The predicted octanol–water partition coefficient (Wildman–Crippen LogP) is 3.18. The lowest BCUT2D eigenvalue weighted by Gasteiger charge is -2.10. The van der Waals surface area contributed by atoms with Crippen LogP contribution in [0.15, 0.2) is 0 Å². The van der Waals surface area contributed by atoms with Crippen LogP contribution in [0.4, 0.5) is 0 Å². The Bertz CT molecular complexity index is 107. The van der Waals surface area contributed by atoms with Gasteiger partial charge < -0.3 is 0 Å². The number of carbonyl (C=O) groups excluding carboxylic acids is 1. The van der Waals surface area contributed by atoms with Crippen LogP contribution in [-0.2, 0) is 4.79 Å². The van der Waals surface area contributed by atoms with Gasteiger partial charge in [-0.3, -0.25) is 4.79 Å². The maximum absolute atomic E-state index is 11.0. The number of carbonyl (C=O) groups is 1. The molecule has 0 heterocycles. The van der Waals surface area contributed by atoms with Crippen LogP contribution >= 0.6 is 0 Å². The molecule has 0 aromatic carbocycles. The minimum absolute atomic E-state index is 0.347. The molecule has 0 fully saturated rings. The molecular formula is C10H20O. The molecule has 1 heteroatoms. The number of unbranched alkanes of at least 4 members (excludes halogenated alkanes) is 1. The molecule has 0 bridgehead atoms. The van der Waals surface area contributed by atoms with Crippen molar-refractivity contribution in [2.24, 2.45) is 5.92 Å². The number of Topliss-reactive ketones (excluding diaryl/α,β-unsaturated/α-hetero) is 1. The maximum atomic E-state index is 11.0. The summed E-state index contributed by atoms with van der Waals surface area (Å²) in [4.78, 5) is 11.0. The van der Waals surface area contributed by atoms with Crippen LogP contribution < -0.4 is 0 Å². The highest BCUT2D eigenvalue weighted by molar-refractivity contribution is 5.78. The summed E-state index contributed by atoms with van der Waals surface area (Å²) in [5, 5.41) is 0. The van der Waals surface area contributed by atoms with E-state index in [0.29, 0.717) is 11.7 Å². The lowest BCUT2D eigenvalue weighted by molar-refractivity contribution is -0.121. The highest BCUT2D eigenvalue weighted by atomic mass is 16.1. The first kappa shape index (κ1) is 10.7. The zero-order valence-corrected chi connectivity index (χ0v) is 8.02. The highest BCUT2D eigenvalue weighted by Crippen LogP contribution is 2.15. The number of rotatable bonds is 6. The number of hydrogen-bond acceptors (Lipinski definition) is 1. The summed E-state index contributed by atoms with van der Waals surface area (Å²) in [6.45, 7) is 6.03. The summed E-state index contributed by atoms with van der Waals surface area (Å²) in [5.74, 6) is 0.722. The SMILES string of the molecule is CCCCC(CCC)C(C)=O. The van der Waals surface area contributed by atoms with Crippen molar-refractivity contribution >= 4 is 5.78 Å². The summed E-state index contributed by atoms with van der Waals surface area (Å²) >= 11 is 0. The first-order chi connectivity index (χ1) is 5.22. The average molecular weight is 156 g/mol. The van der Waals surface area contributed by atoms with E-state index in [1.807, 2.05) is 0 Å². The Kier molecular flexibility index (Phi) is 6.19. The van der Waals surface area contributed by atoms with Crippen molar-refractivity contribution in [3.63, 3.8) is 0 Å². The molecule has 11 heavy (non-hydrogen) atoms. The van der Waals surface area contributed by atoms with E-state index in [-0.39, 0.29) is 0 Å². The van der Waals surface area contributed by atoms with Crippen LogP contribution in [0.1, 0.15) is 52.9 Å². The Morgan fingerprint density at radius 2 is 1.82 bits per heavy atom. The summed E-state index contributed by atoms with van der Waals surface area (Å²) in [6.07, 6.45) is 5.71. The van der Waals surface area contributed by atoms with Crippen molar-refractivity contribution in [1.29, 1.82) is 0 Å². The van der Waals surface area contributed by atoms with Gasteiger partial charge in [-0.1, -0.05) is 33.1 Å². The largest absolute Gasteiger partial charge is 0.300 e. The fourth-order valence-corrected chi connectivity index (χ4v) is 1.35. The molecule has 66 valence electrons. The molecule has 1 atom stereocenters. The van der Waals surface area contributed by atoms with E-state index in [1.54, 1.807) is 6.92 Å². The van der Waals surface area contributed by atoms with Gasteiger partial charge in [0.2, 0.25) is 0 Å². The minimum atomic E-state index is 0.347. The van der Waals surface area contributed by atoms with E-state index in [9.17, 15) is 4.79 Å². The number of hydrogen-bond donors (Lipinski definition) is 0. The van der Waals surface area contributed by atoms with Crippen molar-refractivity contribution in [1.82, 2.24) is 0 Å². The van der Waals surface area contributed by atoms with Crippen molar-refractivity contribution in [3.8, 4) is 0 Å². The van der Waals surface area contributed by atoms with Gasteiger partial charge in [-0.05, 0) is 19.8 Å². The second-order valence-corrected chi connectivity index (χ2v) is 3.24. The molecule has 0 aliphatic heterocycles. The number of ketones is 1. The van der Waals surface area contributed by atoms with Crippen LogP contribution in [0, 0.1) is 5.92 Å². The van der Waals surface area contributed by atoms with Gasteiger partial charge in [-0.25, -0.2) is 0 Å². The van der Waals surface area contributed by atoms with E-state index in [1.165, 1.54) is 12.8 Å². The van der Waals surface area contributed by atoms with Crippen molar-refractivity contribution in [2.45, 2.75) is 52.9 Å². The molecule has 1 nitrogen and oxygen atoms in total. The maximum Gasteiger partial charge on any atom is 0.132 e. The summed E-state index contributed by atoms with van der Waals surface area (Å²) in [6, 6.07) is 0. The molecule has 0 N–H and O–H groups in total. The van der Waals surface area contributed by atoms with E-state index >= 15 is 0 Å². The topological polar surface area (TPSA) is 17.1 Å².